The van der Waals surface area contributed by atoms with E-state index in [2.05, 4.69) is 4.90 Å². The second kappa shape index (κ2) is 5.50. The molecule has 0 aromatic rings. The van der Waals surface area contributed by atoms with Crippen LogP contribution in [-0.2, 0) is 4.79 Å². The van der Waals surface area contributed by atoms with Gasteiger partial charge in [-0.3, -0.25) is 9.69 Å². The van der Waals surface area contributed by atoms with E-state index in [1.807, 2.05) is 4.90 Å². The molecule has 0 N–H and O–H groups in total. The van der Waals surface area contributed by atoms with Crippen molar-refractivity contribution < 1.29 is 4.79 Å². The van der Waals surface area contributed by atoms with Gasteiger partial charge in [-0.2, -0.15) is 0 Å². The minimum atomic E-state index is 0.356. The third-order valence-electron chi connectivity index (χ3n) is 3.52. The molecular formula is C12H22N2O. The van der Waals surface area contributed by atoms with Crippen LogP contribution in [0.3, 0.4) is 0 Å². The summed E-state index contributed by atoms with van der Waals surface area (Å²) in [6.07, 6.45) is 7.63. The van der Waals surface area contributed by atoms with Crippen LogP contribution in [0.5, 0.6) is 0 Å². The highest BCUT2D eigenvalue weighted by molar-refractivity contribution is 5.78. The molecule has 2 fully saturated rings. The molecule has 2 saturated heterocycles. The minimum absolute atomic E-state index is 0.356. The monoisotopic (exact) mass is 210 g/mol. The molecule has 3 nitrogen and oxygen atoms in total. The first-order valence-electron chi connectivity index (χ1n) is 6.36. The smallest absolute Gasteiger partial charge is 0.236 e. The standard InChI is InChI=1S/C12H22N2O/c15-12(14-9-5-6-10-14)11-13-7-3-1-2-4-8-13/h1-11H2. The predicted molar refractivity (Wildman–Crippen MR) is 60.7 cm³/mol. The van der Waals surface area contributed by atoms with E-state index >= 15 is 0 Å². The predicted octanol–water partition coefficient (Wildman–Crippen LogP) is 1.48. The van der Waals surface area contributed by atoms with Crippen LogP contribution in [0, 0.1) is 0 Å². The third-order valence-corrected chi connectivity index (χ3v) is 3.52. The lowest BCUT2D eigenvalue weighted by atomic mass is 10.2. The molecule has 2 rings (SSSR count). The third kappa shape index (κ3) is 3.20. The summed E-state index contributed by atoms with van der Waals surface area (Å²) in [4.78, 5) is 16.3. The number of nitrogens with zero attached hydrogens (tertiary/aromatic N) is 2. The molecule has 1 amide bonds. The van der Waals surface area contributed by atoms with Gasteiger partial charge in [0.05, 0.1) is 6.54 Å². The molecule has 15 heavy (non-hydrogen) atoms. The van der Waals surface area contributed by atoms with Crippen LogP contribution in [0.25, 0.3) is 0 Å². The van der Waals surface area contributed by atoms with E-state index in [9.17, 15) is 4.79 Å². The van der Waals surface area contributed by atoms with E-state index < -0.39 is 0 Å². The normalized spacial score (nSPS) is 24.1. The number of amides is 1. The van der Waals surface area contributed by atoms with Crippen LogP contribution >= 0.6 is 0 Å². The molecule has 0 radical (unpaired) electrons. The summed E-state index contributed by atoms with van der Waals surface area (Å²) in [5, 5.41) is 0. The Morgan fingerprint density at radius 1 is 0.800 bits per heavy atom. The summed E-state index contributed by atoms with van der Waals surface area (Å²) in [5.74, 6) is 0.356. The molecule has 0 aromatic heterocycles. The van der Waals surface area contributed by atoms with E-state index in [1.165, 1.54) is 38.5 Å². The van der Waals surface area contributed by atoms with Gasteiger partial charge in [-0.25, -0.2) is 0 Å². The Morgan fingerprint density at radius 3 is 1.93 bits per heavy atom. The maximum atomic E-state index is 11.9. The van der Waals surface area contributed by atoms with Gasteiger partial charge in [-0.05, 0) is 38.8 Å². The number of hydrogen-bond acceptors (Lipinski definition) is 2. The number of rotatable bonds is 2. The van der Waals surface area contributed by atoms with E-state index in [0.717, 1.165) is 26.2 Å². The van der Waals surface area contributed by atoms with Gasteiger partial charge in [0.2, 0.25) is 5.91 Å². The fourth-order valence-corrected chi connectivity index (χ4v) is 2.55. The van der Waals surface area contributed by atoms with Crippen LogP contribution in [0.1, 0.15) is 38.5 Å². The Kier molecular flexibility index (Phi) is 4.01. The van der Waals surface area contributed by atoms with Gasteiger partial charge >= 0.3 is 0 Å². The molecule has 0 aromatic carbocycles. The number of likely N-dealkylation sites (tertiary alicyclic amines) is 2. The van der Waals surface area contributed by atoms with Crippen molar-refractivity contribution in [1.82, 2.24) is 9.80 Å². The van der Waals surface area contributed by atoms with Crippen molar-refractivity contribution in [2.75, 3.05) is 32.7 Å². The van der Waals surface area contributed by atoms with Crippen molar-refractivity contribution in [2.45, 2.75) is 38.5 Å². The Morgan fingerprint density at radius 2 is 1.33 bits per heavy atom. The molecule has 2 aliphatic rings. The van der Waals surface area contributed by atoms with Crippen LogP contribution in [0.2, 0.25) is 0 Å². The zero-order chi connectivity index (χ0) is 10.5. The Hall–Kier alpha value is -0.570. The van der Waals surface area contributed by atoms with Crippen LogP contribution in [-0.4, -0.2) is 48.4 Å². The van der Waals surface area contributed by atoms with Crippen molar-refractivity contribution in [3.05, 3.63) is 0 Å². The van der Waals surface area contributed by atoms with E-state index in [-0.39, 0.29) is 0 Å². The first-order valence-corrected chi connectivity index (χ1v) is 6.36. The molecule has 2 aliphatic heterocycles. The topological polar surface area (TPSA) is 23.6 Å². The zero-order valence-electron chi connectivity index (χ0n) is 9.58. The van der Waals surface area contributed by atoms with Gasteiger partial charge in [-0.1, -0.05) is 12.8 Å². The van der Waals surface area contributed by atoms with E-state index in [0.29, 0.717) is 12.5 Å². The highest BCUT2D eigenvalue weighted by atomic mass is 16.2. The van der Waals surface area contributed by atoms with Gasteiger partial charge < -0.3 is 4.90 Å². The summed E-state index contributed by atoms with van der Waals surface area (Å²) in [6.45, 7) is 4.90. The second-order valence-corrected chi connectivity index (χ2v) is 4.78. The van der Waals surface area contributed by atoms with E-state index in [4.69, 9.17) is 0 Å². The number of hydrogen-bond donors (Lipinski definition) is 0. The highest BCUT2D eigenvalue weighted by Gasteiger charge is 2.20. The fourth-order valence-electron chi connectivity index (χ4n) is 2.55. The molecule has 0 saturated carbocycles. The van der Waals surface area contributed by atoms with Gasteiger partial charge in [0, 0.05) is 13.1 Å². The maximum absolute atomic E-state index is 11.9. The van der Waals surface area contributed by atoms with Gasteiger partial charge in [0.15, 0.2) is 0 Å². The Bertz CT molecular complexity index is 204. The van der Waals surface area contributed by atoms with Crippen molar-refractivity contribution in [1.29, 1.82) is 0 Å². The summed E-state index contributed by atoms with van der Waals surface area (Å²) in [7, 11) is 0. The molecular weight excluding hydrogens is 188 g/mol. The lowest BCUT2D eigenvalue weighted by Gasteiger charge is -2.23. The van der Waals surface area contributed by atoms with Crippen molar-refractivity contribution >= 4 is 5.91 Å². The average molecular weight is 210 g/mol. The maximum Gasteiger partial charge on any atom is 0.236 e. The summed E-state index contributed by atoms with van der Waals surface area (Å²) >= 11 is 0. The minimum Gasteiger partial charge on any atom is -0.342 e. The number of carbonyl (C=O) groups excluding carboxylic acids is 1. The van der Waals surface area contributed by atoms with E-state index in [1.54, 1.807) is 0 Å². The molecule has 0 bridgehead atoms. The molecule has 86 valence electrons. The summed E-state index contributed by atoms with van der Waals surface area (Å²) in [5.41, 5.74) is 0. The van der Waals surface area contributed by atoms with Crippen LogP contribution < -0.4 is 0 Å². The Labute approximate surface area is 92.4 Å². The van der Waals surface area contributed by atoms with Gasteiger partial charge in [0.1, 0.15) is 0 Å². The summed E-state index contributed by atoms with van der Waals surface area (Å²) < 4.78 is 0. The zero-order valence-corrected chi connectivity index (χ0v) is 9.58. The van der Waals surface area contributed by atoms with Crippen molar-refractivity contribution in [3.8, 4) is 0 Å². The SMILES string of the molecule is O=C(CN1CCCCCC1)N1CCCC1. The quantitative estimate of drug-likeness (QED) is 0.689. The Balaban J connectivity index is 1.76. The highest BCUT2D eigenvalue weighted by Crippen LogP contribution is 2.12. The lowest BCUT2D eigenvalue weighted by molar-refractivity contribution is -0.131. The lowest BCUT2D eigenvalue weighted by Crippen LogP contribution is -2.39. The second-order valence-electron chi connectivity index (χ2n) is 4.78. The van der Waals surface area contributed by atoms with Crippen molar-refractivity contribution in [3.63, 3.8) is 0 Å². The first kappa shape index (κ1) is 10.9. The van der Waals surface area contributed by atoms with Gasteiger partial charge in [-0.15, -0.1) is 0 Å². The average Bonchev–Trinajstić information content (AvgIpc) is 2.65. The van der Waals surface area contributed by atoms with Crippen LogP contribution in [0.15, 0.2) is 0 Å². The first-order chi connectivity index (χ1) is 7.36. The van der Waals surface area contributed by atoms with Crippen molar-refractivity contribution in [2.24, 2.45) is 0 Å². The summed E-state index contributed by atoms with van der Waals surface area (Å²) in [6, 6.07) is 0. The molecule has 0 unspecified atom stereocenters. The molecule has 3 heteroatoms. The molecule has 2 heterocycles. The molecule has 0 spiro atoms. The van der Waals surface area contributed by atoms with Gasteiger partial charge in [0.25, 0.3) is 0 Å². The number of carbonyl (C=O) groups is 1. The van der Waals surface area contributed by atoms with Crippen LogP contribution in [0.4, 0.5) is 0 Å². The fraction of sp³-hybridized carbons (Fsp3) is 0.917. The molecule has 0 atom stereocenters. The largest absolute Gasteiger partial charge is 0.342 e. The molecule has 0 aliphatic carbocycles.